The molecule has 148 valence electrons. The van der Waals surface area contributed by atoms with E-state index in [0.29, 0.717) is 5.92 Å². The Bertz CT molecular complexity index is 1130. The summed E-state index contributed by atoms with van der Waals surface area (Å²) in [6.07, 6.45) is 4.17. The monoisotopic (exact) mass is 514 g/mol. The topological polar surface area (TPSA) is 17.8 Å². The molecule has 1 unspecified atom stereocenters. The van der Waals surface area contributed by atoms with Crippen molar-refractivity contribution in [3.05, 3.63) is 98.3 Å². The largest absolute Gasteiger partial charge is 0.328 e. The molecular formula is C25H24ClIN2. The normalized spacial score (nSPS) is 13.7. The fraction of sp³-hybridized carbons (Fsp3) is 0.240. The van der Waals surface area contributed by atoms with Gasteiger partial charge >= 0.3 is 0 Å². The summed E-state index contributed by atoms with van der Waals surface area (Å²) in [5, 5.41) is 1.98. The third-order valence-electron chi connectivity index (χ3n) is 6.06. The van der Waals surface area contributed by atoms with Gasteiger partial charge in [0.2, 0.25) is 0 Å². The third kappa shape index (κ3) is 3.82. The van der Waals surface area contributed by atoms with Crippen molar-refractivity contribution in [1.82, 2.24) is 9.55 Å². The van der Waals surface area contributed by atoms with Gasteiger partial charge < -0.3 is 4.57 Å². The lowest BCUT2D eigenvalue weighted by molar-refractivity contribution is 0.407. The first-order chi connectivity index (χ1) is 13.9. The lowest BCUT2D eigenvalue weighted by Gasteiger charge is -2.34. The highest BCUT2D eigenvalue weighted by molar-refractivity contribution is 14.1. The zero-order chi connectivity index (χ0) is 20.6. The molecule has 0 amide bonds. The van der Waals surface area contributed by atoms with Crippen molar-refractivity contribution >= 4 is 45.2 Å². The molecule has 0 N–H and O–H groups in total. The first-order valence-corrected chi connectivity index (χ1v) is 11.3. The number of nitrogens with zero attached hydrogens (tertiary/aromatic N) is 2. The molecule has 0 saturated heterocycles. The minimum atomic E-state index is -0.114. The van der Waals surface area contributed by atoms with Crippen molar-refractivity contribution in [1.29, 1.82) is 0 Å². The minimum Gasteiger partial charge on any atom is -0.328 e. The molecule has 4 heteroatoms. The van der Waals surface area contributed by atoms with Crippen LogP contribution in [0.4, 0.5) is 0 Å². The fourth-order valence-corrected chi connectivity index (χ4v) is 4.53. The van der Waals surface area contributed by atoms with Crippen LogP contribution in [-0.4, -0.2) is 9.55 Å². The lowest BCUT2D eigenvalue weighted by Crippen LogP contribution is -2.30. The van der Waals surface area contributed by atoms with Gasteiger partial charge in [-0.3, -0.25) is 0 Å². The van der Waals surface area contributed by atoms with E-state index in [9.17, 15) is 0 Å². The molecule has 0 saturated carbocycles. The molecule has 4 aromatic rings. The summed E-state index contributed by atoms with van der Waals surface area (Å²) in [6.45, 7) is 7.73. The molecule has 0 bridgehead atoms. The Morgan fingerprint density at radius 3 is 2.38 bits per heavy atom. The first kappa shape index (κ1) is 20.4. The number of hydrogen-bond donors (Lipinski definition) is 0. The van der Waals surface area contributed by atoms with Crippen molar-refractivity contribution in [3.63, 3.8) is 0 Å². The van der Waals surface area contributed by atoms with Crippen LogP contribution in [-0.2, 0) is 12.0 Å². The standard InChI is InChI=1S/C25H24ClIN2/c1-17(2)25(3,19-8-12-21(27)13-9-19)23-16-29(24-22(23)5-4-14-28-24)15-18-6-10-20(26)11-7-18/h4-14,16-17H,15H2,1-3H3. The minimum absolute atomic E-state index is 0.114. The second-order valence-corrected chi connectivity index (χ2v) is 9.72. The Labute approximate surface area is 191 Å². The molecule has 0 aliphatic carbocycles. The van der Waals surface area contributed by atoms with Crippen LogP contribution in [0.2, 0.25) is 5.02 Å². The highest BCUT2D eigenvalue weighted by Crippen LogP contribution is 2.42. The molecule has 0 radical (unpaired) electrons. The van der Waals surface area contributed by atoms with Crippen molar-refractivity contribution in [3.8, 4) is 0 Å². The van der Waals surface area contributed by atoms with E-state index in [1.54, 1.807) is 0 Å². The summed E-state index contributed by atoms with van der Waals surface area (Å²) in [7, 11) is 0. The Morgan fingerprint density at radius 1 is 1.03 bits per heavy atom. The van der Waals surface area contributed by atoms with Gasteiger partial charge in [0.15, 0.2) is 0 Å². The highest BCUT2D eigenvalue weighted by Gasteiger charge is 2.35. The van der Waals surface area contributed by atoms with E-state index in [0.717, 1.165) is 17.2 Å². The second-order valence-electron chi connectivity index (χ2n) is 8.04. The van der Waals surface area contributed by atoms with Crippen molar-refractivity contribution < 1.29 is 0 Å². The van der Waals surface area contributed by atoms with E-state index in [-0.39, 0.29) is 5.41 Å². The Balaban J connectivity index is 1.88. The SMILES string of the molecule is CC(C)C(C)(c1ccc(I)cc1)c1cn(Cc2ccc(Cl)cc2)c2ncccc12. The summed E-state index contributed by atoms with van der Waals surface area (Å²) >= 11 is 8.43. The van der Waals surface area contributed by atoms with Gasteiger partial charge in [-0.2, -0.15) is 0 Å². The van der Waals surface area contributed by atoms with E-state index in [2.05, 4.69) is 96.6 Å². The molecule has 29 heavy (non-hydrogen) atoms. The number of pyridine rings is 1. The zero-order valence-corrected chi connectivity index (χ0v) is 19.8. The van der Waals surface area contributed by atoms with Crippen molar-refractivity contribution in [2.75, 3.05) is 0 Å². The fourth-order valence-electron chi connectivity index (χ4n) is 4.04. The number of halogens is 2. The molecule has 2 aromatic carbocycles. The van der Waals surface area contributed by atoms with E-state index in [1.807, 2.05) is 24.4 Å². The van der Waals surface area contributed by atoms with Crippen LogP contribution in [0.15, 0.2) is 73.1 Å². The molecule has 1 atom stereocenters. The number of aromatic nitrogens is 2. The highest BCUT2D eigenvalue weighted by atomic mass is 127. The number of rotatable bonds is 5. The van der Waals surface area contributed by atoms with Gasteiger partial charge in [-0.15, -0.1) is 0 Å². The van der Waals surface area contributed by atoms with E-state index in [1.165, 1.54) is 25.6 Å². The Morgan fingerprint density at radius 2 is 1.72 bits per heavy atom. The summed E-state index contributed by atoms with van der Waals surface area (Å²) in [5.41, 5.74) is 4.78. The molecule has 2 nitrogen and oxygen atoms in total. The lowest BCUT2D eigenvalue weighted by atomic mass is 9.68. The van der Waals surface area contributed by atoms with Crippen LogP contribution in [0.1, 0.15) is 37.5 Å². The van der Waals surface area contributed by atoms with Crippen LogP contribution < -0.4 is 0 Å². The molecule has 4 rings (SSSR count). The molecule has 2 aromatic heterocycles. The summed E-state index contributed by atoms with van der Waals surface area (Å²) in [6, 6.07) is 21.2. The van der Waals surface area contributed by atoms with Crippen LogP contribution in [0, 0.1) is 9.49 Å². The van der Waals surface area contributed by atoms with Gasteiger partial charge in [0.1, 0.15) is 5.65 Å². The molecule has 0 aliphatic heterocycles. The third-order valence-corrected chi connectivity index (χ3v) is 7.03. The predicted octanol–water partition coefficient (Wildman–Crippen LogP) is 7.30. The van der Waals surface area contributed by atoms with Gasteiger partial charge in [-0.25, -0.2) is 4.98 Å². The molecular weight excluding hydrogens is 491 g/mol. The summed E-state index contributed by atoms with van der Waals surface area (Å²) < 4.78 is 3.52. The van der Waals surface area contributed by atoms with Gasteiger partial charge in [0.05, 0.1) is 0 Å². The van der Waals surface area contributed by atoms with Crippen molar-refractivity contribution in [2.24, 2.45) is 5.92 Å². The Kier molecular flexibility index (Phi) is 5.71. The van der Waals surface area contributed by atoms with Gasteiger partial charge in [0, 0.05) is 38.3 Å². The average Bonchev–Trinajstić information content (AvgIpc) is 3.08. The average molecular weight is 515 g/mol. The van der Waals surface area contributed by atoms with Gasteiger partial charge in [0.25, 0.3) is 0 Å². The number of benzene rings is 2. The van der Waals surface area contributed by atoms with E-state index in [4.69, 9.17) is 16.6 Å². The maximum atomic E-state index is 6.07. The van der Waals surface area contributed by atoms with Crippen LogP contribution in [0.25, 0.3) is 11.0 Å². The van der Waals surface area contributed by atoms with Crippen LogP contribution in [0.3, 0.4) is 0 Å². The number of fused-ring (bicyclic) bond motifs is 1. The Hall–Kier alpha value is -1.85. The first-order valence-electron chi connectivity index (χ1n) is 9.84. The van der Waals surface area contributed by atoms with Crippen molar-refractivity contribution in [2.45, 2.75) is 32.7 Å². The smallest absolute Gasteiger partial charge is 0.140 e. The summed E-state index contributed by atoms with van der Waals surface area (Å²) in [5.74, 6) is 0.428. The maximum absolute atomic E-state index is 6.07. The molecule has 0 spiro atoms. The molecule has 2 heterocycles. The zero-order valence-electron chi connectivity index (χ0n) is 16.9. The molecule has 0 aliphatic rings. The predicted molar refractivity (Wildman–Crippen MR) is 131 cm³/mol. The van der Waals surface area contributed by atoms with Crippen LogP contribution in [0.5, 0.6) is 0 Å². The van der Waals surface area contributed by atoms with Gasteiger partial charge in [-0.05, 0) is 81.6 Å². The van der Waals surface area contributed by atoms with Gasteiger partial charge in [-0.1, -0.05) is 56.6 Å². The number of hydrogen-bond acceptors (Lipinski definition) is 1. The maximum Gasteiger partial charge on any atom is 0.140 e. The summed E-state index contributed by atoms with van der Waals surface area (Å²) in [4.78, 5) is 4.73. The van der Waals surface area contributed by atoms with Crippen LogP contribution >= 0.6 is 34.2 Å². The van der Waals surface area contributed by atoms with E-state index < -0.39 is 0 Å². The van der Waals surface area contributed by atoms with E-state index >= 15 is 0 Å². The quantitative estimate of drug-likeness (QED) is 0.255. The second kappa shape index (κ2) is 8.11. The molecule has 0 fully saturated rings.